The second-order valence-electron chi connectivity index (χ2n) is 6.23. The van der Waals surface area contributed by atoms with Crippen LogP contribution in [0.15, 0.2) is 49.8 Å². The molecule has 3 aromatic heterocycles. The van der Waals surface area contributed by atoms with Crippen molar-refractivity contribution in [1.29, 1.82) is 0 Å². The monoisotopic (exact) mass is 367 g/mol. The molecule has 6 nitrogen and oxygen atoms in total. The van der Waals surface area contributed by atoms with Crippen LogP contribution in [-0.2, 0) is 6.54 Å². The number of hydrogen-bond donors (Lipinski definition) is 0. The normalized spacial score (nSPS) is 11.3. The third kappa shape index (κ3) is 2.43. The number of fused-ring (bicyclic) bond motifs is 1. The van der Waals surface area contributed by atoms with Gasteiger partial charge in [-0.05, 0) is 43.8 Å². The van der Waals surface area contributed by atoms with Gasteiger partial charge in [0.15, 0.2) is 0 Å². The summed E-state index contributed by atoms with van der Waals surface area (Å²) in [5.74, 6) is 0.673. The van der Waals surface area contributed by atoms with E-state index in [0.717, 1.165) is 16.8 Å². The predicted octanol–water partition coefficient (Wildman–Crippen LogP) is 3.18. The van der Waals surface area contributed by atoms with Gasteiger partial charge >= 0.3 is 5.69 Å². The summed E-state index contributed by atoms with van der Waals surface area (Å²) in [4.78, 5) is 26.3. The van der Waals surface area contributed by atoms with E-state index >= 15 is 0 Å². The second-order valence-corrected chi connectivity index (χ2v) is 7.15. The van der Waals surface area contributed by atoms with Crippen molar-refractivity contribution in [3.05, 3.63) is 79.1 Å². The summed E-state index contributed by atoms with van der Waals surface area (Å²) >= 11 is 1.34. The molecule has 4 rings (SSSR count). The van der Waals surface area contributed by atoms with Crippen molar-refractivity contribution in [3.8, 4) is 5.69 Å². The van der Waals surface area contributed by atoms with Crippen LogP contribution in [0.4, 0.5) is 0 Å². The zero-order valence-corrected chi connectivity index (χ0v) is 15.5. The molecule has 26 heavy (non-hydrogen) atoms. The first kappa shape index (κ1) is 16.5. The molecule has 0 saturated heterocycles. The maximum Gasteiger partial charge on any atom is 0.336 e. The summed E-state index contributed by atoms with van der Waals surface area (Å²) in [7, 11) is 0. The van der Waals surface area contributed by atoms with Crippen LogP contribution in [0.2, 0.25) is 0 Å². The van der Waals surface area contributed by atoms with Crippen molar-refractivity contribution in [3.63, 3.8) is 0 Å². The predicted molar refractivity (Wildman–Crippen MR) is 101 cm³/mol. The highest BCUT2D eigenvalue weighted by Crippen LogP contribution is 2.20. The fraction of sp³-hybridized carbons (Fsp3) is 0.211. The van der Waals surface area contributed by atoms with Crippen LogP contribution < -0.4 is 11.2 Å². The molecule has 0 spiro atoms. The Balaban J connectivity index is 2.05. The third-order valence-corrected chi connectivity index (χ3v) is 5.50. The lowest BCUT2D eigenvalue weighted by Crippen LogP contribution is -2.39. The van der Waals surface area contributed by atoms with E-state index in [-0.39, 0.29) is 11.2 Å². The first-order valence-corrected chi connectivity index (χ1v) is 9.08. The highest BCUT2D eigenvalue weighted by Gasteiger charge is 2.19. The topological polar surface area (TPSA) is 70.0 Å². The van der Waals surface area contributed by atoms with E-state index in [2.05, 4.69) is 5.16 Å². The SMILES string of the molecule is Cc1ccccc1-n1c(=O)c2sccc2n(Cc2c(C)noc2C)c1=O. The lowest BCUT2D eigenvalue weighted by atomic mass is 10.2. The Kier molecular flexibility index (Phi) is 3.88. The van der Waals surface area contributed by atoms with E-state index in [9.17, 15) is 9.59 Å². The zero-order chi connectivity index (χ0) is 18.4. The summed E-state index contributed by atoms with van der Waals surface area (Å²) in [6, 6.07) is 9.20. The molecule has 0 fully saturated rings. The number of nitrogens with zero attached hydrogens (tertiary/aromatic N) is 3. The van der Waals surface area contributed by atoms with Gasteiger partial charge in [-0.1, -0.05) is 23.4 Å². The first-order valence-electron chi connectivity index (χ1n) is 8.20. The molecule has 3 heterocycles. The van der Waals surface area contributed by atoms with E-state index in [1.165, 1.54) is 15.9 Å². The molecule has 0 radical (unpaired) electrons. The molecule has 0 unspecified atom stereocenters. The number of thiophene rings is 1. The summed E-state index contributed by atoms with van der Waals surface area (Å²) in [5, 5.41) is 5.80. The Bertz CT molecular complexity index is 1220. The lowest BCUT2D eigenvalue weighted by Gasteiger charge is -2.13. The van der Waals surface area contributed by atoms with Gasteiger partial charge in [0.2, 0.25) is 0 Å². The summed E-state index contributed by atoms with van der Waals surface area (Å²) < 4.78 is 8.66. The molecule has 0 aliphatic rings. The van der Waals surface area contributed by atoms with Crippen LogP contribution >= 0.6 is 11.3 Å². The summed E-state index contributed by atoms with van der Waals surface area (Å²) in [6.45, 7) is 5.86. The smallest absolute Gasteiger partial charge is 0.336 e. The van der Waals surface area contributed by atoms with Crippen LogP contribution in [-0.4, -0.2) is 14.3 Å². The molecule has 4 aromatic rings. The zero-order valence-electron chi connectivity index (χ0n) is 14.6. The van der Waals surface area contributed by atoms with Gasteiger partial charge in [-0.15, -0.1) is 11.3 Å². The van der Waals surface area contributed by atoms with Crippen molar-refractivity contribution >= 4 is 21.6 Å². The lowest BCUT2D eigenvalue weighted by molar-refractivity contribution is 0.392. The molecule has 0 saturated carbocycles. The van der Waals surface area contributed by atoms with Gasteiger partial charge in [0, 0.05) is 5.56 Å². The number of benzene rings is 1. The fourth-order valence-electron chi connectivity index (χ4n) is 3.15. The molecule has 0 aliphatic heterocycles. The van der Waals surface area contributed by atoms with Crippen LogP contribution in [0, 0.1) is 20.8 Å². The second kappa shape index (κ2) is 6.10. The highest BCUT2D eigenvalue weighted by molar-refractivity contribution is 7.17. The number of aryl methyl sites for hydroxylation is 3. The molecule has 0 bridgehead atoms. The van der Waals surface area contributed by atoms with Gasteiger partial charge in [0.1, 0.15) is 10.5 Å². The van der Waals surface area contributed by atoms with Crippen LogP contribution in [0.1, 0.15) is 22.6 Å². The number of para-hydroxylation sites is 1. The number of hydrogen-bond acceptors (Lipinski definition) is 5. The Morgan fingerprint density at radius 3 is 2.58 bits per heavy atom. The van der Waals surface area contributed by atoms with E-state index in [4.69, 9.17) is 4.52 Å². The van der Waals surface area contributed by atoms with Gasteiger partial charge in [-0.3, -0.25) is 9.36 Å². The fourth-order valence-corrected chi connectivity index (χ4v) is 3.98. The average Bonchev–Trinajstić information content (AvgIpc) is 3.22. The Labute approximate surface area is 152 Å². The quantitative estimate of drug-likeness (QED) is 0.558. The van der Waals surface area contributed by atoms with Gasteiger partial charge < -0.3 is 4.52 Å². The van der Waals surface area contributed by atoms with Gasteiger partial charge in [0.25, 0.3) is 5.56 Å². The van der Waals surface area contributed by atoms with Gasteiger partial charge in [-0.2, -0.15) is 0 Å². The Morgan fingerprint density at radius 2 is 1.88 bits per heavy atom. The molecule has 0 atom stereocenters. The van der Waals surface area contributed by atoms with E-state index in [1.54, 1.807) is 10.6 Å². The summed E-state index contributed by atoms with van der Waals surface area (Å²) in [6.07, 6.45) is 0. The van der Waals surface area contributed by atoms with Crippen molar-refractivity contribution < 1.29 is 4.52 Å². The van der Waals surface area contributed by atoms with Crippen LogP contribution in [0.25, 0.3) is 15.9 Å². The molecule has 0 aliphatic carbocycles. The van der Waals surface area contributed by atoms with Crippen molar-refractivity contribution in [2.24, 2.45) is 0 Å². The van der Waals surface area contributed by atoms with Crippen molar-refractivity contribution in [2.75, 3.05) is 0 Å². The Hall–Kier alpha value is -2.93. The highest BCUT2D eigenvalue weighted by atomic mass is 32.1. The molecule has 1 aromatic carbocycles. The van der Waals surface area contributed by atoms with E-state index < -0.39 is 0 Å². The maximum atomic E-state index is 13.3. The Morgan fingerprint density at radius 1 is 1.12 bits per heavy atom. The molecular weight excluding hydrogens is 350 g/mol. The largest absolute Gasteiger partial charge is 0.361 e. The standard InChI is InChI=1S/C19H17N3O3S/c1-11-6-4-5-7-15(11)22-18(23)17-16(8-9-26-17)21(19(22)24)10-14-12(2)20-25-13(14)3/h4-9H,10H2,1-3H3. The van der Waals surface area contributed by atoms with Crippen LogP contribution in [0.3, 0.4) is 0 Å². The minimum absolute atomic E-state index is 0.288. The maximum absolute atomic E-state index is 13.3. The van der Waals surface area contributed by atoms with Crippen molar-refractivity contribution in [1.82, 2.24) is 14.3 Å². The number of aromatic nitrogens is 3. The van der Waals surface area contributed by atoms with E-state index in [0.29, 0.717) is 28.2 Å². The molecule has 0 N–H and O–H groups in total. The molecule has 132 valence electrons. The van der Waals surface area contributed by atoms with E-state index in [1.807, 2.05) is 50.4 Å². The molecular formula is C19H17N3O3S. The minimum atomic E-state index is -0.366. The molecule has 0 amide bonds. The number of rotatable bonds is 3. The van der Waals surface area contributed by atoms with Gasteiger partial charge in [-0.25, -0.2) is 9.36 Å². The molecule has 7 heteroatoms. The first-order chi connectivity index (χ1) is 12.5. The average molecular weight is 367 g/mol. The van der Waals surface area contributed by atoms with Gasteiger partial charge in [0.05, 0.1) is 23.4 Å². The minimum Gasteiger partial charge on any atom is -0.361 e. The third-order valence-electron chi connectivity index (χ3n) is 4.61. The van der Waals surface area contributed by atoms with Crippen molar-refractivity contribution in [2.45, 2.75) is 27.3 Å². The van der Waals surface area contributed by atoms with Crippen LogP contribution in [0.5, 0.6) is 0 Å². The summed E-state index contributed by atoms with van der Waals surface area (Å²) in [5.41, 5.74) is 3.05.